The van der Waals surface area contributed by atoms with E-state index in [9.17, 15) is 10.1 Å². The monoisotopic (exact) mass is 255 g/mol. The minimum absolute atomic E-state index is 0.0190. The van der Waals surface area contributed by atoms with Crippen LogP contribution in [-0.2, 0) is 0 Å². The fraction of sp³-hybridized carbons (Fsp3) is 0.455. The molecule has 6 heteroatoms. The molecule has 0 fully saturated rings. The number of anilines is 2. The van der Waals surface area contributed by atoms with Crippen LogP contribution in [0.4, 0.5) is 17.1 Å². The maximum Gasteiger partial charge on any atom is 0.271 e. The molecule has 0 saturated heterocycles. The van der Waals surface area contributed by atoms with Gasteiger partial charge in [0.05, 0.1) is 16.3 Å². The van der Waals surface area contributed by atoms with Crippen molar-refractivity contribution in [2.24, 2.45) is 0 Å². The topological polar surface area (TPSA) is 81.2 Å². The van der Waals surface area contributed by atoms with Crippen molar-refractivity contribution in [3.63, 3.8) is 0 Å². The highest BCUT2D eigenvalue weighted by atomic mass is 32.2. The number of nitrogens with two attached hydrogens (primary N) is 1. The SMILES string of the molecule is CSC(C)CCNc1ccc([N+](=O)[O-])cc1N. The predicted molar refractivity (Wildman–Crippen MR) is 73.6 cm³/mol. The van der Waals surface area contributed by atoms with Crippen molar-refractivity contribution < 1.29 is 4.92 Å². The predicted octanol–water partition coefficient (Wildman–Crippen LogP) is 2.73. The molecule has 0 saturated carbocycles. The van der Waals surface area contributed by atoms with Gasteiger partial charge in [0.25, 0.3) is 5.69 Å². The molecular formula is C11H17N3O2S. The zero-order valence-corrected chi connectivity index (χ0v) is 10.8. The van der Waals surface area contributed by atoms with E-state index in [1.807, 2.05) is 11.8 Å². The van der Waals surface area contributed by atoms with Crippen LogP contribution in [0.15, 0.2) is 18.2 Å². The van der Waals surface area contributed by atoms with Gasteiger partial charge in [0, 0.05) is 23.9 Å². The van der Waals surface area contributed by atoms with Crippen molar-refractivity contribution in [3.05, 3.63) is 28.3 Å². The van der Waals surface area contributed by atoms with Crippen LogP contribution in [0.3, 0.4) is 0 Å². The molecule has 5 nitrogen and oxygen atoms in total. The first-order valence-corrected chi connectivity index (χ1v) is 6.64. The first-order chi connectivity index (χ1) is 8.04. The molecule has 0 aromatic heterocycles. The molecule has 1 unspecified atom stereocenters. The molecule has 1 rings (SSSR count). The summed E-state index contributed by atoms with van der Waals surface area (Å²) in [6, 6.07) is 4.48. The smallest absolute Gasteiger partial charge is 0.271 e. The summed E-state index contributed by atoms with van der Waals surface area (Å²) in [4.78, 5) is 10.1. The number of thioether (sulfide) groups is 1. The van der Waals surface area contributed by atoms with Crippen LogP contribution >= 0.6 is 11.8 Å². The lowest BCUT2D eigenvalue weighted by Crippen LogP contribution is -2.09. The van der Waals surface area contributed by atoms with E-state index in [1.165, 1.54) is 12.1 Å². The summed E-state index contributed by atoms with van der Waals surface area (Å²) in [5.74, 6) is 0. The van der Waals surface area contributed by atoms with E-state index in [0.29, 0.717) is 10.9 Å². The van der Waals surface area contributed by atoms with Crippen LogP contribution in [0.1, 0.15) is 13.3 Å². The molecule has 0 aliphatic carbocycles. The molecule has 0 aliphatic heterocycles. The average Bonchev–Trinajstić information content (AvgIpc) is 2.30. The molecule has 0 spiro atoms. The molecule has 17 heavy (non-hydrogen) atoms. The van der Waals surface area contributed by atoms with Crippen LogP contribution in [0.2, 0.25) is 0 Å². The first-order valence-electron chi connectivity index (χ1n) is 5.35. The second-order valence-electron chi connectivity index (χ2n) is 3.79. The summed E-state index contributed by atoms with van der Waals surface area (Å²) in [6.45, 7) is 2.97. The summed E-state index contributed by atoms with van der Waals surface area (Å²) in [7, 11) is 0. The maximum atomic E-state index is 10.5. The summed E-state index contributed by atoms with van der Waals surface area (Å²) < 4.78 is 0. The van der Waals surface area contributed by atoms with Crippen LogP contribution < -0.4 is 11.1 Å². The van der Waals surface area contributed by atoms with Crippen molar-refractivity contribution in [3.8, 4) is 0 Å². The summed E-state index contributed by atoms with van der Waals surface area (Å²) in [5.41, 5.74) is 6.92. The standard InChI is InChI=1S/C11H17N3O2S/c1-8(17-2)5-6-13-11-4-3-9(14(15)16)7-10(11)12/h3-4,7-8,13H,5-6,12H2,1-2H3. The van der Waals surface area contributed by atoms with E-state index in [-0.39, 0.29) is 5.69 Å². The van der Waals surface area contributed by atoms with Gasteiger partial charge < -0.3 is 11.1 Å². The van der Waals surface area contributed by atoms with Crippen LogP contribution in [0.5, 0.6) is 0 Å². The van der Waals surface area contributed by atoms with Gasteiger partial charge in [-0.25, -0.2) is 0 Å². The molecule has 0 aliphatic rings. The Hall–Kier alpha value is -1.43. The fourth-order valence-electron chi connectivity index (χ4n) is 1.35. The second kappa shape index (κ2) is 6.34. The second-order valence-corrected chi connectivity index (χ2v) is 5.07. The highest BCUT2D eigenvalue weighted by molar-refractivity contribution is 7.99. The number of rotatable bonds is 6. The lowest BCUT2D eigenvalue weighted by molar-refractivity contribution is -0.384. The van der Waals surface area contributed by atoms with Gasteiger partial charge in [-0.1, -0.05) is 6.92 Å². The van der Waals surface area contributed by atoms with Gasteiger partial charge in [-0.05, 0) is 18.7 Å². The quantitative estimate of drug-likeness (QED) is 0.464. The fourth-order valence-corrected chi connectivity index (χ4v) is 1.71. The van der Waals surface area contributed by atoms with Crippen molar-refractivity contribution in [1.29, 1.82) is 0 Å². The number of non-ortho nitro benzene ring substituents is 1. The number of nitrogens with zero attached hydrogens (tertiary/aromatic N) is 1. The third kappa shape index (κ3) is 4.14. The highest BCUT2D eigenvalue weighted by Gasteiger charge is 2.08. The van der Waals surface area contributed by atoms with Gasteiger partial charge in [-0.3, -0.25) is 10.1 Å². The van der Waals surface area contributed by atoms with Crippen molar-refractivity contribution in [2.75, 3.05) is 23.9 Å². The van der Waals surface area contributed by atoms with E-state index in [2.05, 4.69) is 18.5 Å². The van der Waals surface area contributed by atoms with E-state index >= 15 is 0 Å². The summed E-state index contributed by atoms with van der Waals surface area (Å²) in [5, 5.41) is 14.3. The zero-order valence-electron chi connectivity index (χ0n) is 9.97. The number of hydrogen-bond acceptors (Lipinski definition) is 5. The number of benzene rings is 1. The van der Waals surface area contributed by atoms with E-state index in [4.69, 9.17) is 5.73 Å². The Balaban J connectivity index is 2.57. The zero-order chi connectivity index (χ0) is 12.8. The number of nitrogens with one attached hydrogen (secondary N) is 1. The summed E-state index contributed by atoms with van der Waals surface area (Å²) in [6.07, 6.45) is 3.10. The van der Waals surface area contributed by atoms with Gasteiger partial charge in [0.2, 0.25) is 0 Å². The Bertz CT molecular complexity index is 398. The van der Waals surface area contributed by atoms with Gasteiger partial charge in [-0.2, -0.15) is 11.8 Å². The summed E-state index contributed by atoms with van der Waals surface area (Å²) >= 11 is 1.81. The Kier molecular flexibility index (Phi) is 5.09. The Labute approximate surface area is 105 Å². The molecule has 0 radical (unpaired) electrons. The van der Waals surface area contributed by atoms with Crippen molar-refractivity contribution >= 4 is 28.8 Å². The van der Waals surface area contributed by atoms with Gasteiger partial charge >= 0.3 is 0 Å². The molecule has 94 valence electrons. The minimum Gasteiger partial charge on any atom is -0.397 e. The molecule has 3 N–H and O–H groups in total. The van der Waals surface area contributed by atoms with Crippen molar-refractivity contribution in [2.45, 2.75) is 18.6 Å². The minimum atomic E-state index is -0.448. The molecule has 0 bridgehead atoms. The van der Waals surface area contributed by atoms with Gasteiger partial charge in [-0.15, -0.1) is 0 Å². The van der Waals surface area contributed by atoms with E-state index in [1.54, 1.807) is 6.07 Å². The number of nitro groups is 1. The van der Waals surface area contributed by atoms with E-state index in [0.717, 1.165) is 18.7 Å². The normalized spacial score (nSPS) is 12.1. The third-order valence-electron chi connectivity index (χ3n) is 2.51. The third-order valence-corrected chi connectivity index (χ3v) is 3.56. The Morgan fingerprint density at radius 1 is 1.59 bits per heavy atom. The van der Waals surface area contributed by atoms with Gasteiger partial charge in [0.1, 0.15) is 0 Å². The molecule has 1 aromatic carbocycles. The molecule has 0 amide bonds. The van der Waals surface area contributed by atoms with Crippen LogP contribution in [0.25, 0.3) is 0 Å². The molecular weight excluding hydrogens is 238 g/mol. The maximum absolute atomic E-state index is 10.5. The number of nitrogen functional groups attached to an aromatic ring is 1. The average molecular weight is 255 g/mol. The number of nitro benzene ring substituents is 1. The number of hydrogen-bond donors (Lipinski definition) is 2. The van der Waals surface area contributed by atoms with Crippen molar-refractivity contribution in [1.82, 2.24) is 0 Å². The van der Waals surface area contributed by atoms with Gasteiger partial charge in [0.15, 0.2) is 0 Å². The first kappa shape index (κ1) is 13.6. The Morgan fingerprint density at radius 2 is 2.29 bits per heavy atom. The lowest BCUT2D eigenvalue weighted by atomic mass is 10.2. The molecule has 1 aromatic rings. The molecule has 0 heterocycles. The largest absolute Gasteiger partial charge is 0.397 e. The van der Waals surface area contributed by atoms with Crippen LogP contribution in [-0.4, -0.2) is 23.0 Å². The molecule has 1 atom stereocenters. The lowest BCUT2D eigenvalue weighted by Gasteiger charge is -2.11. The van der Waals surface area contributed by atoms with Crippen LogP contribution in [0, 0.1) is 10.1 Å². The Morgan fingerprint density at radius 3 is 2.82 bits per heavy atom. The van der Waals surface area contributed by atoms with E-state index < -0.39 is 4.92 Å². The highest BCUT2D eigenvalue weighted by Crippen LogP contribution is 2.24.